The first-order valence-electron chi connectivity index (χ1n) is 4.47. The predicted octanol–water partition coefficient (Wildman–Crippen LogP) is 2.40. The van der Waals surface area contributed by atoms with E-state index in [1.165, 1.54) is 15.3 Å². The molecule has 5 heteroatoms. The Morgan fingerprint density at radius 2 is 1.73 bits per heavy atom. The van der Waals surface area contributed by atoms with Crippen LogP contribution in [-0.2, 0) is 10.0 Å². The van der Waals surface area contributed by atoms with Gasteiger partial charge >= 0.3 is 0 Å². The summed E-state index contributed by atoms with van der Waals surface area (Å²) >= 11 is 1.24. The number of hydrogen-bond acceptors (Lipinski definition) is 3. The van der Waals surface area contributed by atoms with Gasteiger partial charge < -0.3 is 0 Å². The SMILES string of the molecule is Cc1ccc(C)n1S(=O)(=O)c1cccs1. The molecule has 0 aromatic carbocycles. The van der Waals surface area contributed by atoms with Gasteiger partial charge in [-0.2, -0.15) is 8.42 Å². The lowest BCUT2D eigenvalue weighted by Gasteiger charge is -2.08. The summed E-state index contributed by atoms with van der Waals surface area (Å²) in [4.78, 5) is 0. The summed E-state index contributed by atoms with van der Waals surface area (Å²) in [6.45, 7) is 3.58. The van der Waals surface area contributed by atoms with E-state index in [9.17, 15) is 8.42 Å². The third-order valence-corrected chi connectivity index (χ3v) is 5.48. The maximum atomic E-state index is 12.2. The second-order valence-electron chi connectivity index (χ2n) is 3.32. The van der Waals surface area contributed by atoms with Crippen LogP contribution in [0, 0.1) is 13.8 Å². The molecule has 0 aliphatic heterocycles. The Labute approximate surface area is 93.0 Å². The molecular weight excluding hydrogens is 230 g/mol. The highest BCUT2D eigenvalue weighted by molar-refractivity contribution is 7.92. The van der Waals surface area contributed by atoms with E-state index in [1.807, 2.05) is 0 Å². The van der Waals surface area contributed by atoms with Gasteiger partial charge in [0.25, 0.3) is 10.0 Å². The lowest BCUT2D eigenvalue weighted by atomic mass is 10.5. The Kier molecular flexibility index (Phi) is 2.44. The third kappa shape index (κ3) is 1.61. The zero-order valence-electron chi connectivity index (χ0n) is 8.47. The zero-order valence-corrected chi connectivity index (χ0v) is 10.1. The minimum absolute atomic E-state index is 0.380. The fraction of sp³-hybridized carbons (Fsp3) is 0.200. The highest BCUT2D eigenvalue weighted by atomic mass is 32.2. The molecule has 2 rings (SSSR count). The van der Waals surface area contributed by atoms with Gasteiger partial charge in [0.05, 0.1) is 0 Å². The van der Waals surface area contributed by atoms with E-state index in [4.69, 9.17) is 0 Å². The van der Waals surface area contributed by atoms with Crippen molar-refractivity contribution in [1.82, 2.24) is 3.97 Å². The summed E-state index contributed by atoms with van der Waals surface area (Å²) in [5, 5.41) is 1.76. The molecule has 0 unspecified atom stereocenters. The van der Waals surface area contributed by atoms with Crippen LogP contribution in [0.5, 0.6) is 0 Å². The van der Waals surface area contributed by atoms with Crippen molar-refractivity contribution >= 4 is 21.4 Å². The Morgan fingerprint density at radius 3 is 2.20 bits per heavy atom. The molecule has 0 bridgehead atoms. The summed E-state index contributed by atoms with van der Waals surface area (Å²) in [7, 11) is -3.38. The van der Waals surface area contributed by atoms with Crippen LogP contribution in [0.2, 0.25) is 0 Å². The number of aromatic nitrogens is 1. The van der Waals surface area contributed by atoms with Crippen molar-refractivity contribution in [3.63, 3.8) is 0 Å². The van der Waals surface area contributed by atoms with E-state index in [2.05, 4.69) is 0 Å². The molecule has 80 valence electrons. The summed E-state index contributed by atoms with van der Waals surface area (Å²) in [6.07, 6.45) is 0. The van der Waals surface area contributed by atoms with Crippen molar-refractivity contribution in [2.45, 2.75) is 18.1 Å². The lowest BCUT2D eigenvalue weighted by Crippen LogP contribution is -2.14. The smallest absolute Gasteiger partial charge is 0.243 e. The molecule has 0 aliphatic rings. The molecule has 0 aliphatic carbocycles. The fourth-order valence-electron chi connectivity index (χ4n) is 1.53. The van der Waals surface area contributed by atoms with Gasteiger partial charge in [-0.3, -0.25) is 0 Å². The standard InChI is InChI=1S/C10H11NO2S2/c1-8-5-6-9(2)11(8)15(12,13)10-4-3-7-14-10/h3-7H,1-2H3. The fourth-order valence-corrected chi connectivity index (χ4v) is 4.17. The van der Waals surface area contributed by atoms with Crippen molar-refractivity contribution in [2.24, 2.45) is 0 Å². The van der Waals surface area contributed by atoms with Crippen LogP contribution in [0.4, 0.5) is 0 Å². The monoisotopic (exact) mass is 241 g/mol. The van der Waals surface area contributed by atoms with E-state index in [0.29, 0.717) is 4.21 Å². The average Bonchev–Trinajstić information content (AvgIpc) is 2.75. The highest BCUT2D eigenvalue weighted by Crippen LogP contribution is 2.22. The van der Waals surface area contributed by atoms with Crippen LogP contribution >= 0.6 is 11.3 Å². The number of hydrogen-bond donors (Lipinski definition) is 0. The van der Waals surface area contributed by atoms with Crippen LogP contribution in [-0.4, -0.2) is 12.4 Å². The Bertz CT molecular complexity index is 545. The van der Waals surface area contributed by atoms with Crippen LogP contribution in [0.1, 0.15) is 11.4 Å². The van der Waals surface area contributed by atoms with E-state index in [0.717, 1.165) is 11.4 Å². The van der Waals surface area contributed by atoms with Gasteiger partial charge in [-0.1, -0.05) is 6.07 Å². The van der Waals surface area contributed by atoms with Gasteiger partial charge in [0, 0.05) is 11.4 Å². The third-order valence-electron chi connectivity index (χ3n) is 2.20. The first-order valence-corrected chi connectivity index (χ1v) is 6.79. The molecule has 15 heavy (non-hydrogen) atoms. The second kappa shape index (κ2) is 3.50. The van der Waals surface area contributed by atoms with Crippen molar-refractivity contribution in [2.75, 3.05) is 0 Å². The molecule has 0 fully saturated rings. The molecule has 3 nitrogen and oxygen atoms in total. The van der Waals surface area contributed by atoms with Crippen LogP contribution < -0.4 is 0 Å². The Hall–Kier alpha value is -1.07. The van der Waals surface area contributed by atoms with Gasteiger partial charge in [0.2, 0.25) is 0 Å². The van der Waals surface area contributed by atoms with Crippen LogP contribution in [0.15, 0.2) is 33.9 Å². The maximum Gasteiger partial charge on any atom is 0.277 e. The average molecular weight is 241 g/mol. The molecule has 2 aromatic rings. The molecule has 2 heterocycles. The van der Waals surface area contributed by atoms with E-state index >= 15 is 0 Å². The maximum absolute atomic E-state index is 12.2. The molecule has 0 spiro atoms. The lowest BCUT2D eigenvalue weighted by molar-refractivity contribution is 0.587. The predicted molar refractivity (Wildman–Crippen MR) is 60.8 cm³/mol. The molecule has 0 atom stereocenters. The molecular formula is C10H11NO2S2. The van der Waals surface area contributed by atoms with Crippen molar-refractivity contribution in [3.8, 4) is 0 Å². The summed E-state index contributed by atoms with van der Waals surface area (Å²) in [5.41, 5.74) is 1.47. The van der Waals surface area contributed by atoms with Crippen LogP contribution in [0.25, 0.3) is 0 Å². The first-order chi connectivity index (χ1) is 7.03. The van der Waals surface area contributed by atoms with Gasteiger partial charge in [0.1, 0.15) is 4.21 Å². The van der Waals surface area contributed by atoms with Gasteiger partial charge in [-0.05, 0) is 37.4 Å². The minimum atomic E-state index is -3.38. The summed E-state index contributed by atoms with van der Waals surface area (Å²) < 4.78 is 26.1. The van der Waals surface area contributed by atoms with Gasteiger partial charge in [0.15, 0.2) is 0 Å². The normalized spacial score (nSPS) is 11.9. The molecule has 0 amide bonds. The number of nitrogens with zero attached hydrogens (tertiary/aromatic N) is 1. The number of aryl methyl sites for hydroxylation is 2. The van der Waals surface area contributed by atoms with Crippen molar-refractivity contribution in [3.05, 3.63) is 41.0 Å². The van der Waals surface area contributed by atoms with Gasteiger partial charge in [-0.15, -0.1) is 11.3 Å². The summed E-state index contributed by atoms with van der Waals surface area (Å²) in [5.74, 6) is 0. The second-order valence-corrected chi connectivity index (χ2v) is 6.28. The Morgan fingerprint density at radius 1 is 1.13 bits per heavy atom. The topological polar surface area (TPSA) is 39.1 Å². The molecule has 0 saturated heterocycles. The molecule has 0 saturated carbocycles. The molecule has 0 N–H and O–H groups in total. The van der Waals surface area contributed by atoms with E-state index in [-0.39, 0.29) is 0 Å². The van der Waals surface area contributed by atoms with Crippen molar-refractivity contribution in [1.29, 1.82) is 0 Å². The van der Waals surface area contributed by atoms with Crippen molar-refractivity contribution < 1.29 is 8.42 Å². The largest absolute Gasteiger partial charge is 0.277 e. The summed E-state index contributed by atoms with van der Waals surface area (Å²) in [6, 6.07) is 6.98. The number of thiophene rings is 1. The van der Waals surface area contributed by atoms with Gasteiger partial charge in [-0.25, -0.2) is 3.97 Å². The van der Waals surface area contributed by atoms with Crippen LogP contribution in [0.3, 0.4) is 0 Å². The first kappa shape index (κ1) is 10.4. The number of rotatable bonds is 2. The molecule has 2 aromatic heterocycles. The Balaban J connectivity index is 2.67. The van der Waals surface area contributed by atoms with E-state index < -0.39 is 10.0 Å². The minimum Gasteiger partial charge on any atom is -0.243 e. The molecule has 0 radical (unpaired) electrons. The highest BCUT2D eigenvalue weighted by Gasteiger charge is 2.20. The quantitative estimate of drug-likeness (QED) is 0.810. The zero-order chi connectivity index (χ0) is 11.1. The van der Waals surface area contributed by atoms with E-state index in [1.54, 1.807) is 43.5 Å².